The average Bonchev–Trinajstić information content (AvgIpc) is 3.24. The number of hydrogen-bond acceptors (Lipinski definition) is 6. The fourth-order valence-corrected chi connectivity index (χ4v) is 4.43. The van der Waals surface area contributed by atoms with Gasteiger partial charge in [0.1, 0.15) is 5.75 Å². The van der Waals surface area contributed by atoms with Crippen molar-refractivity contribution in [2.24, 2.45) is 5.92 Å². The van der Waals surface area contributed by atoms with Crippen LogP contribution in [0.1, 0.15) is 24.3 Å². The molecule has 0 saturated carbocycles. The predicted octanol–water partition coefficient (Wildman–Crippen LogP) is 4.51. The smallest absolute Gasteiger partial charge is 0.241 e. The third kappa shape index (κ3) is 5.43. The molecule has 1 saturated heterocycles. The van der Waals surface area contributed by atoms with Crippen LogP contribution in [-0.2, 0) is 11.3 Å². The Bertz CT molecular complexity index is 1050. The van der Waals surface area contributed by atoms with E-state index in [1.165, 1.54) is 0 Å². The fraction of sp³-hybridized carbons (Fsp3) is 0.348. The van der Waals surface area contributed by atoms with Crippen LogP contribution >= 0.6 is 22.6 Å². The molecule has 1 atom stereocenters. The van der Waals surface area contributed by atoms with Crippen LogP contribution in [0.3, 0.4) is 0 Å². The molecule has 2 aromatic carbocycles. The molecule has 0 radical (unpaired) electrons. The maximum atomic E-state index is 12.8. The Morgan fingerprint density at radius 2 is 2.10 bits per heavy atom. The van der Waals surface area contributed by atoms with Crippen LogP contribution in [0.15, 0.2) is 47.0 Å². The zero-order valence-corrected chi connectivity index (χ0v) is 19.8. The van der Waals surface area contributed by atoms with Gasteiger partial charge in [-0.2, -0.15) is 4.98 Å². The monoisotopic (exact) mass is 532 g/mol. The second kappa shape index (κ2) is 9.78. The lowest BCUT2D eigenvalue weighted by Gasteiger charge is -2.31. The summed E-state index contributed by atoms with van der Waals surface area (Å²) in [6.45, 7) is 4.14. The number of hydrogen-bond donors (Lipinski definition) is 1. The Morgan fingerprint density at radius 1 is 1.29 bits per heavy atom. The molecule has 1 aliphatic heterocycles. The molecule has 1 aliphatic rings. The summed E-state index contributed by atoms with van der Waals surface area (Å²) in [5.74, 6) is 1.90. The predicted molar refractivity (Wildman–Crippen MR) is 127 cm³/mol. The van der Waals surface area contributed by atoms with Gasteiger partial charge in [-0.1, -0.05) is 5.16 Å². The van der Waals surface area contributed by atoms with Crippen LogP contribution in [0.4, 0.5) is 5.69 Å². The Morgan fingerprint density at radius 3 is 2.84 bits per heavy atom. The molecule has 1 N–H and O–H groups in total. The molecule has 1 unspecified atom stereocenters. The van der Waals surface area contributed by atoms with Gasteiger partial charge in [0.15, 0.2) is 0 Å². The molecule has 0 bridgehead atoms. The number of carbonyl (C=O) groups excluding carboxylic acids is 1. The Hall–Kier alpha value is -2.46. The third-order valence-corrected chi connectivity index (χ3v) is 6.17. The number of aromatic nitrogens is 2. The molecule has 2 heterocycles. The van der Waals surface area contributed by atoms with Crippen molar-refractivity contribution in [2.45, 2.75) is 26.3 Å². The number of methoxy groups -OCH3 is 1. The van der Waals surface area contributed by atoms with Crippen LogP contribution in [0.5, 0.6) is 5.75 Å². The molecule has 7 nitrogen and oxygen atoms in total. The lowest BCUT2D eigenvalue weighted by molar-refractivity contribution is -0.121. The first-order valence-electron chi connectivity index (χ1n) is 10.3. The molecular formula is C23H25IN4O3. The topological polar surface area (TPSA) is 80.5 Å². The van der Waals surface area contributed by atoms with E-state index in [2.05, 4.69) is 49.0 Å². The minimum absolute atomic E-state index is 0.0589. The first-order chi connectivity index (χ1) is 15.0. The summed E-state index contributed by atoms with van der Waals surface area (Å²) in [7, 11) is 1.63. The van der Waals surface area contributed by atoms with Crippen LogP contribution < -0.4 is 10.1 Å². The second-order valence-corrected chi connectivity index (χ2v) is 9.01. The van der Waals surface area contributed by atoms with E-state index in [1.54, 1.807) is 7.11 Å². The molecule has 0 aliphatic carbocycles. The Balaban J connectivity index is 1.36. The highest BCUT2D eigenvalue weighted by Gasteiger charge is 2.27. The molecule has 162 valence electrons. The summed E-state index contributed by atoms with van der Waals surface area (Å²) in [6.07, 6.45) is 1.84. The summed E-state index contributed by atoms with van der Waals surface area (Å²) >= 11 is 2.28. The van der Waals surface area contributed by atoms with Gasteiger partial charge < -0.3 is 14.6 Å². The zero-order valence-electron chi connectivity index (χ0n) is 17.6. The highest BCUT2D eigenvalue weighted by molar-refractivity contribution is 14.1. The van der Waals surface area contributed by atoms with E-state index in [0.717, 1.165) is 45.5 Å². The van der Waals surface area contributed by atoms with Crippen molar-refractivity contribution in [3.05, 3.63) is 57.5 Å². The number of likely N-dealkylation sites (tertiary alicyclic amines) is 1. The number of carbonyl (C=O) groups is 1. The number of piperidine rings is 1. The largest absolute Gasteiger partial charge is 0.497 e. The summed E-state index contributed by atoms with van der Waals surface area (Å²) in [5.41, 5.74) is 2.83. The molecule has 31 heavy (non-hydrogen) atoms. The van der Waals surface area contributed by atoms with E-state index in [-0.39, 0.29) is 11.8 Å². The van der Waals surface area contributed by atoms with Gasteiger partial charge in [0.05, 0.1) is 19.6 Å². The van der Waals surface area contributed by atoms with Gasteiger partial charge in [-0.05, 0) is 96.9 Å². The summed E-state index contributed by atoms with van der Waals surface area (Å²) < 4.78 is 11.8. The lowest BCUT2D eigenvalue weighted by atomic mass is 9.97. The van der Waals surface area contributed by atoms with Gasteiger partial charge >= 0.3 is 0 Å². The Kier molecular flexibility index (Phi) is 6.86. The number of nitrogens with one attached hydrogen (secondary N) is 1. The number of benzene rings is 2. The SMILES string of the molecule is COc1ccc(-c2noc(CN3CCCC(C(=O)Nc4ccc(I)cc4C)C3)n2)cc1. The van der Waals surface area contributed by atoms with Crippen molar-refractivity contribution in [3.63, 3.8) is 0 Å². The van der Waals surface area contributed by atoms with Crippen LogP contribution in [-0.4, -0.2) is 41.1 Å². The average molecular weight is 532 g/mol. The number of nitrogens with zero attached hydrogens (tertiary/aromatic N) is 3. The summed E-state index contributed by atoms with van der Waals surface area (Å²) in [5, 5.41) is 7.20. The summed E-state index contributed by atoms with van der Waals surface area (Å²) in [6, 6.07) is 13.6. The maximum absolute atomic E-state index is 12.8. The van der Waals surface area contributed by atoms with Gasteiger partial charge in [0.2, 0.25) is 17.6 Å². The maximum Gasteiger partial charge on any atom is 0.241 e. The third-order valence-electron chi connectivity index (χ3n) is 5.50. The molecule has 1 aromatic heterocycles. The van der Waals surface area contributed by atoms with E-state index < -0.39 is 0 Å². The molecule has 1 fully saturated rings. The first-order valence-corrected chi connectivity index (χ1v) is 11.4. The van der Waals surface area contributed by atoms with Gasteiger partial charge in [-0.15, -0.1) is 0 Å². The molecule has 0 spiro atoms. The van der Waals surface area contributed by atoms with E-state index in [4.69, 9.17) is 9.26 Å². The van der Waals surface area contributed by atoms with Gasteiger partial charge in [0, 0.05) is 21.4 Å². The fourth-order valence-electron chi connectivity index (χ4n) is 3.78. The standard InChI is InChI=1S/C23H25IN4O3/c1-15-12-18(24)7-10-20(15)25-23(29)17-4-3-11-28(13-17)14-21-26-22(27-31-21)16-5-8-19(30-2)9-6-16/h5-10,12,17H,3-4,11,13-14H2,1-2H3,(H,25,29). The van der Waals surface area contributed by atoms with E-state index in [1.807, 2.05) is 43.3 Å². The Labute approximate surface area is 195 Å². The molecule has 4 rings (SSSR count). The lowest BCUT2D eigenvalue weighted by Crippen LogP contribution is -2.40. The molecule has 3 aromatic rings. The zero-order chi connectivity index (χ0) is 21.8. The second-order valence-electron chi connectivity index (χ2n) is 7.76. The number of aryl methyl sites for hydroxylation is 1. The highest BCUT2D eigenvalue weighted by atomic mass is 127. The number of ether oxygens (including phenoxy) is 1. The number of rotatable bonds is 6. The van der Waals surface area contributed by atoms with Crippen molar-refractivity contribution in [1.29, 1.82) is 0 Å². The summed E-state index contributed by atoms with van der Waals surface area (Å²) in [4.78, 5) is 19.6. The quantitative estimate of drug-likeness (QED) is 0.471. The van der Waals surface area contributed by atoms with Gasteiger partial charge in [0.25, 0.3) is 0 Å². The van der Waals surface area contributed by atoms with Gasteiger partial charge in [-0.25, -0.2) is 0 Å². The van der Waals surface area contributed by atoms with Crippen molar-refractivity contribution in [3.8, 4) is 17.1 Å². The van der Waals surface area contributed by atoms with E-state index >= 15 is 0 Å². The molecular weight excluding hydrogens is 507 g/mol. The minimum Gasteiger partial charge on any atom is -0.497 e. The van der Waals surface area contributed by atoms with Crippen molar-refractivity contribution >= 4 is 34.2 Å². The van der Waals surface area contributed by atoms with Gasteiger partial charge in [-0.3, -0.25) is 9.69 Å². The van der Waals surface area contributed by atoms with Crippen molar-refractivity contribution in [1.82, 2.24) is 15.0 Å². The highest BCUT2D eigenvalue weighted by Crippen LogP contribution is 2.24. The van der Waals surface area contributed by atoms with Crippen LogP contribution in [0.2, 0.25) is 0 Å². The van der Waals surface area contributed by atoms with Crippen LogP contribution in [0, 0.1) is 16.4 Å². The normalized spacial score (nSPS) is 16.8. The van der Waals surface area contributed by atoms with E-state index in [0.29, 0.717) is 24.8 Å². The van der Waals surface area contributed by atoms with E-state index in [9.17, 15) is 4.79 Å². The first kappa shape index (κ1) is 21.8. The molecule has 8 heteroatoms. The number of halogens is 1. The number of amides is 1. The van der Waals surface area contributed by atoms with Crippen LogP contribution in [0.25, 0.3) is 11.4 Å². The van der Waals surface area contributed by atoms with Crippen molar-refractivity contribution < 1.29 is 14.1 Å². The molecule has 1 amide bonds. The van der Waals surface area contributed by atoms with Crippen molar-refractivity contribution in [2.75, 3.05) is 25.5 Å². The number of anilines is 1. The minimum atomic E-state index is -0.0589.